The van der Waals surface area contributed by atoms with Crippen molar-refractivity contribution in [1.29, 1.82) is 0 Å². The molecule has 1 fully saturated rings. The van der Waals surface area contributed by atoms with Gasteiger partial charge in [-0.25, -0.2) is 13.4 Å². The molecule has 3 aromatic rings. The lowest BCUT2D eigenvalue weighted by Gasteiger charge is -2.23. The molecule has 0 aliphatic heterocycles. The van der Waals surface area contributed by atoms with E-state index >= 15 is 0 Å². The van der Waals surface area contributed by atoms with E-state index in [1.54, 1.807) is 12.1 Å². The second kappa shape index (κ2) is 11.5. The van der Waals surface area contributed by atoms with Crippen LogP contribution in [0.25, 0.3) is 11.3 Å². The molecule has 0 bridgehead atoms. The first-order valence-corrected chi connectivity index (χ1v) is 14.1. The topological polar surface area (TPSA) is 152 Å². The van der Waals surface area contributed by atoms with Crippen LogP contribution < -0.4 is 20.5 Å². The van der Waals surface area contributed by atoms with Gasteiger partial charge in [-0.15, -0.1) is 0 Å². The summed E-state index contributed by atoms with van der Waals surface area (Å²) in [6.45, 7) is 1.90. The highest BCUT2D eigenvalue weighted by Crippen LogP contribution is 2.36. The van der Waals surface area contributed by atoms with E-state index in [4.69, 9.17) is 10.5 Å². The Hall–Kier alpha value is -3.81. The number of sulfonamides is 1. The fraction of sp³-hybridized carbons (Fsp3) is 0.400. The molecule has 0 saturated heterocycles. The van der Waals surface area contributed by atoms with Gasteiger partial charge in [0.1, 0.15) is 22.8 Å². The smallest absolute Gasteiger partial charge is 0.433 e. The van der Waals surface area contributed by atoms with E-state index in [2.05, 4.69) is 25.2 Å². The number of H-pyrrole nitrogens is 1. The van der Waals surface area contributed by atoms with E-state index in [-0.39, 0.29) is 40.1 Å². The van der Waals surface area contributed by atoms with Crippen LogP contribution in [0.4, 0.5) is 30.5 Å². The molecule has 5 N–H and O–H groups in total. The first kappa shape index (κ1) is 28.2. The van der Waals surface area contributed by atoms with E-state index in [1.807, 2.05) is 0 Å². The van der Waals surface area contributed by atoms with Gasteiger partial charge in [-0.1, -0.05) is 31.4 Å². The maximum absolute atomic E-state index is 13.1. The van der Waals surface area contributed by atoms with E-state index in [0.29, 0.717) is 18.1 Å². The molecular weight excluding hydrogens is 537 g/mol. The van der Waals surface area contributed by atoms with Crippen molar-refractivity contribution in [1.82, 2.24) is 15.2 Å². The highest BCUT2D eigenvalue weighted by atomic mass is 32.2. The number of nitrogens with zero attached hydrogens (tertiary/aromatic N) is 2. The summed E-state index contributed by atoms with van der Waals surface area (Å²) in [5.74, 6) is -0.747. The van der Waals surface area contributed by atoms with Gasteiger partial charge in [0.2, 0.25) is 10.0 Å². The van der Waals surface area contributed by atoms with Gasteiger partial charge in [-0.3, -0.25) is 14.6 Å². The number of nitrogens with two attached hydrogens (primary N) is 1. The highest BCUT2D eigenvalue weighted by molar-refractivity contribution is 7.92. The third-order valence-electron chi connectivity index (χ3n) is 6.41. The number of hydrogen-bond donors (Lipinski definition) is 4. The van der Waals surface area contributed by atoms with Gasteiger partial charge in [0.25, 0.3) is 5.91 Å². The number of primary amides is 1. The van der Waals surface area contributed by atoms with Crippen LogP contribution in [0, 0.1) is 5.92 Å². The second-order valence-corrected chi connectivity index (χ2v) is 11.3. The number of aromatic nitrogens is 3. The minimum atomic E-state index is -4.66. The maximum atomic E-state index is 13.1. The molecule has 0 unspecified atom stereocenters. The third kappa shape index (κ3) is 6.99. The molecule has 1 aromatic carbocycles. The molecule has 2 aromatic heterocycles. The highest BCUT2D eigenvalue weighted by Gasteiger charge is 2.32. The van der Waals surface area contributed by atoms with Gasteiger partial charge in [-0.2, -0.15) is 18.3 Å². The number of pyridine rings is 1. The maximum Gasteiger partial charge on any atom is 0.433 e. The number of benzene rings is 1. The molecule has 1 aliphatic carbocycles. The summed E-state index contributed by atoms with van der Waals surface area (Å²) in [7, 11) is -3.60. The molecular formula is C25H29F3N6O4S. The quantitative estimate of drug-likeness (QED) is 0.268. The van der Waals surface area contributed by atoms with Crippen molar-refractivity contribution < 1.29 is 31.1 Å². The Bertz CT molecular complexity index is 1440. The summed E-state index contributed by atoms with van der Waals surface area (Å²) in [4.78, 5) is 15.9. The van der Waals surface area contributed by atoms with Crippen LogP contribution in [-0.4, -0.2) is 41.9 Å². The van der Waals surface area contributed by atoms with Crippen molar-refractivity contribution in [2.75, 3.05) is 22.4 Å². The van der Waals surface area contributed by atoms with Crippen molar-refractivity contribution in [3.63, 3.8) is 0 Å². The van der Waals surface area contributed by atoms with Crippen LogP contribution in [0.1, 0.15) is 55.1 Å². The Labute approximate surface area is 223 Å². The Balaban J connectivity index is 1.68. The molecule has 1 amide bonds. The van der Waals surface area contributed by atoms with Gasteiger partial charge >= 0.3 is 6.18 Å². The van der Waals surface area contributed by atoms with Crippen LogP contribution >= 0.6 is 0 Å². The summed E-state index contributed by atoms with van der Waals surface area (Å²) in [5, 5.41) is 9.34. The van der Waals surface area contributed by atoms with Crippen LogP contribution in [0.5, 0.6) is 5.75 Å². The number of halogens is 3. The molecule has 4 rings (SSSR count). The lowest BCUT2D eigenvalue weighted by atomic mass is 9.90. The van der Waals surface area contributed by atoms with Crippen LogP contribution in [0.3, 0.4) is 0 Å². The standard InChI is InChI=1S/C25H29F3N6O4S/c1-2-39(36,37)34-17-12-11-16(13-18(17)38-14-15-7-4-3-5-8-15)22-21(23(29)35)24(33-32-22)31-20-10-6-9-19(30-20)25(26,27)28/h6,9-13,15,34H,2-5,7-8,14H2,1H3,(H2,29,35)(H2,30,31,32,33). The minimum Gasteiger partial charge on any atom is -0.491 e. The van der Waals surface area contributed by atoms with Crippen molar-refractivity contribution >= 4 is 33.3 Å². The third-order valence-corrected chi connectivity index (χ3v) is 7.70. The number of rotatable bonds is 10. The van der Waals surface area contributed by atoms with E-state index in [0.717, 1.165) is 31.7 Å². The molecule has 0 radical (unpaired) electrons. The molecule has 1 aliphatic rings. The van der Waals surface area contributed by atoms with E-state index in [1.165, 1.54) is 31.5 Å². The Morgan fingerprint density at radius 2 is 1.92 bits per heavy atom. The summed E-state index contributed by atoms with van der Waals surface area (Å²) in [6, 6.07) is 7.89. The van der Waals surface area contributed by atoms with Crippen molar-refractivity contribution in [2.45, 2.75) is 45.2 Å². The monoisotopic (exact) mass is 566 g/mol. The summed E-state index contributed by atoms with van der Waals surface area (Å²) < 4.78 is 72.3. The largest absolute Gasteiger partial charge is 0.491 e. The molecule has 0 spiro atoms. The van der Waals surface area contributed by atoms with Crippen molar-refractivity contribution in [3.05, 3.63) is 47.7 Å². The zero-order valence-electron chi connectivity index (χ0n) is 21.1. The fourth-order valence-corrected chi connectivity index (χ4v) is 5.00. The zero-order chi connectivity index (χ0) is 28.2. The second-order valence-electron chi connectivity index (χ2n) is 9.25. The van der Waals surface area contributed by atoms with E-state index in [9.17, 15) is 26.4 Å². The fourth-order valence-electron chi connectivity index (χ4n) is 4.35. The SMILES string of the molecule is CCS(=O)(=O)Nc1ccc(-c2[nH]nc(Nc3cccc(C(F)(F)F)n3)c2C(N)=O)cc1OCC1CCCCC1. The number of carbonyl (C=O) groups is 1. The number of anilines is 3. The first-order chi connectivity index (χ1) is 18.5. The van der Waals surface area contributed by atoms with Crippen molar-refractivity contribution in [2.24, 2.45) is 11.7 Å². The van der Waals surface area contributed by atoms with Gasteiger partial charge in [0.15, 0.2) is 5.82 Å². The molecule has 0 atom stereocenters. The Kier molecular flexibility index (Phi) is 8.33. The zero-order valence-corrected chi connectivity index (χ0v) is 22.0. The number of ether oxygens (including phenoxy) is 1. The average Bonchev–Trinajstić information content (AvgIpc) is 3.32. The molecule has 210 valence electrons. The number of aromatic amines is 1. The molecule has 14 heteroatoms. The Morgan fingerprint density at radius 1 is 1.18 bits per heavy atom. The predicted molar refractivity (Wildman–Crippen MR) is 140 cm³/mol. The van der Waals surface area contributed by atoms with Crippen LogP contribution in [0.2, 0.25) is 0 Å². The number of carbonyl (C=O) groups excluding carboxylic acids is 1. The Morgan fingerprint density at radius 3 is 2.59 bits per heavy atom. The summed E-state index contributed by atoms with van der Waals surface area (Å²) >= 11 is 0. The first-order valence-electron chi connectivity index (χ1n) is 12.4. The lowest BCUT2D eigenvalue weighted by Crippen LogP contribution is -2.18. The van der Waals surface area contributed by atoms with Crippen molar-refractivity contribution in [3.8, 4) is 17.0 Å². The normalized spacial score (nSPS) is 14.7. The summed E-state index contributed by atoms with van der Waals surface area (Å²) in [6.07, 6.45) is 0.763. The number of amides is 1. The molecule has 1 saturated carbocycles. The van der Waals surface area contributed by atoms with Crippen LogP contribution in [-0.2, 0) is 16.2 Å². The van der Waals surface area contributed by atoms with Gasteiger partial charge in [0.05, 0.1) is 23.7 Å². The molecule has 10 nitrogen and oxygen atoms in total. The lowest BCUT2D eigenvalue weighted by molar-refractivity contribution is -0.141. The molecule has 2 heterocycles. The van der Waals surface area contributed by atoms with Gasteiger partial charge < -0.3 is 15.8 Å². The minimum absolute atomic E-state index is 0.116. The number of alkyl halides is 3. The average molecular weight is 567 g/mol. The van der Waals surface area contributed by atoms with Gasteiger partial charge in [0, 0.05) is 5.56 Å². The number of hydrogen-bond acceptors (Lipinski definition) is 7. The molecule has 39 heavy (non-hydrogen) atoms. The summed E-state index contributed by atoms with van der Waals surface area (Å²) in [5.41, 5.74) is 5.19. The predicted octanol–water partition coefficient (Wildman–Crippen LogP) is 5.05. The van der Waals surface area contributed by atoms with Gasteiger partial charge in [-0.05, 0) is 49.9 Å². The number of nitrogens with one attached hydrogen (secondary N) is 3. The van der Waals surface area contributed by atoms with E-state index < -0.39 is 27.8 Å². The van der Waals surface area contributed by atoms with Crippen LogP contribution in [0.15, 0.2) is 36.4 Å².